The maximum atomic E-state index is 13.6. The Bertz CT molecular complexity index is 1030. The maximum absolute atomic E-state index is 13.6. The Morgan fingerprint density at radius 1 is 0.500 bits per heavy atom. The van der Waals surface area contributed by atoms with E-state index in [0.29, 0.717) is 0 Å². The molecule has 4 fully saturated rings. The Kier molecular flexibility index (Phi) is 6.01. The van der Waals surface area contributed by atoms with Gasteiger partial charge in [-0.25, -0.2) is 0 Å². The average Bonchev–Trinajstić information content (AvgIpc) is 3.71. The Hall–Kier alpha value is -2.37. The average molecular weight is 485 g/mol. The molecule has 0 spiro atoms. The standard InChI is InChI=1S/C31H40N4O/c36-31-29-21-25(34-17-9-23(10-18-34)32-13-1-2-14-32)5-7-27(29)28-8-6-26(22-30(28)31)35-19-11-24(12-20-35)33-15-3-4-16-33/h5-8,21-24H,1-4,9-20H2. The lowest BCUT2D eigenvalue weighted by Gasteiger charge is -2.38. The molecule has 0 bridgehead atoms. The van der Waals surface area contributed by atoms with E-state index in [2.05, 4.69) is 56.0 Å². The molecule has 7 rings (SSSR count). The summed E-state index contributed by atoms with van der Waals surface area (Å²) in [5, 5.41) is 0. The highest BCUT2D eigenvalue weighted by Gasteiger charge is 2.31. The van der Waals surface area contributed by atoms with Gasteiger partial charge in [0, 0.05) is 60.8 Å². The summed E-state index contributed by atoms with van der Waals surface area (Å²) in [5.74, 6) is 0.211. The van der Waals surface area contributed by atoms with Crippen molar-refractivity contribution >= 4 is 17.2 Å². The maximum Gasteiger partial charge on any atom is 0.194 e. The van der Waals surface area contributed by atoms with E-state index in [1.807, 2.05) is 0 Å². The van der Waals surface area contributed by atoms with Crippen LogP contribution < -0.4 is 9.80 Å². The van der Waals surface area contributed by atoms with E-state index in [1.54, 1.807) is 0 Å². The molecule has 5 heteroatoms. The summed E-state index contributed by atoms with van der Waals surface area (Å²) in [4.78, 5) is 24.0. The summed E-state index contributed by atoms with van der Waals surface area (Å²) in [6.07, 6.45) is 10.4. The third-order valence-corrected chi connectivity index (χ3v) is 9.76. The van der Waals surface area contributed by atoms with Crippen molar-refractivity contribution in [3.63, 3.8) is 0 Å². The van der Waals surface area contributed by atoms with E-state index < -0.39 is 0 Å². The Morgan fingerprint density at radius 2 is 0.889 bits per heavy atom. The van der Waals surface area contributed by atoms with Crippen LogP contribution in [0.2, 0.25) is 0 Å². The molecule has 2 aromatic carbocycles. The number of hydrogen-bond donors (Lipinski definition) is 0. The number of fused-ring (bicyclic) bond motifs is 3. The molecule has 0 atom stereocenters. The molecule has 0 N–H and O–H groups in total. The molecule has 190 valence electrons. The van der Waals surface area contributed by atoms with Gasteiger partial charge < -0.3 is 19.6 Å². The highest BCUT2D eigenvalue weighted by Crippen LogP contribution is 2.41. The van der Waals surface area contributed by atoms with E-state index in [9.17, 15) is 4.79 Å². The number of piperidine rings is 2. The molecule has 0 aromatic heterocycles. The van der Waals surface area contributed by atoms with Gasteiger partial charge in [0.05, 0.1) is 0 Å². The first-order chi connectivity index (χ1) is 17.7. The van der Waals surface area contributed by atoms with Gasteiger partial charge in [0.15, 0.2) is 5.78 Å². The van der Waals surface area contributed by atoms with Gasteiger partial charge >= 0.3 is 0 Å². The lowest BCUT2D eigenvalue weighted by molar-refractivity contribution is 0.104. The Morgan fingerprint density at radius 3 is 1.28 bits per heavy atom. The number of likely N-dealkylation sites (tertiary alicyclic amines) is 2. The number of anilines is 2. The molecule has 2 aromatic rings. The smallest absolute Gasteiger partial charge is 0.194 e. The highest BCUT2D eigenvalue weighted by molar-refractivity contribution is 6.22. The van der Waals surface area contributed by atoms with Crippen molar-refractivity contribution in [1.82, 2.24) is 9.80 Å². The van der Waals surface area contributed by atoms with Gasteiger partial charge in [-0.05, 0) is 113 Å². The third kappa shape index (κ3) is 4.05. The fourth-order valence-corrected chi connectivity index (χ4v) is 7.64. The monoisotopic (exact) mass is 484 g/mol. The molecular formula is C31H40N4O. The molecule has 4 heterocycles. The first kappa shape index (κ1) is 22.8. The second-order valence-corrected chi connectivity index (χ2v) is 11.7. The van der Waals surface area contributed by atoms with Gasteiger partial charge in [-0.1, -0.05) is 12.1 Å². The van der Waals surface area contributed by atoms with Crippen LogP contribution >= 0.6 is 0 Å². The van der Waals surface area contributed by atoms with Crippen LogP contribution in [0.1, 0.15) is 67.3 Å². The van der Waals surface area contributed by atoms with Crippen LogP contribution in [0.15, 0.2) is 36.4 Å². The number of carbonyl (C=O) groups is 1. The zero-order valence-electron chi connectivity index (χ0n) is 21.6. The number of ketones is 1. The molecule has 4 saturated heterocycles. The van der Waals surface area contributed by atoms with Crippen molar-refractivity contribution in [2.45, 2.75) is 63.5 Å². The van der Waals surface area contributed by atoms with Crippen LogP contribution in [-0.2, 0) is 0 Å². The number of carbonyl (C=O) groups excluding carboxylic acids is 1. The Labute approximate surface area is 216 Å². The molecule has 36 heavy (non-hydrogen) atoms. The van der Waals surface area contributed by atoms with E-state index in [-0.39, 0.29) is 5.78 Å². The molecular weight excluding hydrogens is 444 g/mol. The van der Waals surface area contributed by atoms with E-state index >= 15 is 0 Å². The molecule has 5 aliphatic rings. The van der Waals surface area contributed by atoms with Crippen LogP contribution in [0.3, 0.4) is 0 Å². The largest absolute Gasteiger partial charge is 0.371 e. The van der Waals surface area contributed by atoms with Crippen molar-refractivity contribution in [1.29, 1.82) is 0 Å². The second-order valence-electron chi connectivity index (χ2n) is 11.7. The number of nitrogens with zero attached hydrogens (tertiary/aromatic N) is 4. The first-order valence-corrected chi connectivity index (χ1v) is 14.6. The van der Waals surface area contributed by atoms with Gasteiger partial charge in [0.25, 0.3) is 0 Å². The van der Waals surface area contributed by atoms with Crippen LogP contribution in [0, 0.1) is 0 Å². The molecule has 0 saturated carbocycles. The summed E-state index contributed by atoms with van der Waals surface area (Å²) in [6, 6.07) is 14.7. The van der Waals surface area contributed by atoms with E-state index in [4.69, 9.17) is 0 Å². The fourth-order valence-electron chi connectivity index (χ4n) is 7.64. The predicted octanol–water partition coefficient (Wildman–Crippen LogP) is 5.03. The van der Waals surface area contributed by atoms with Crippen molar-refractivity contribution in [3.05, 3.63) is 47.5 Å². The predicted molar refractivity (Wildman–Crippen MR) is 147 cm³/mol. The molecule has 5 nitrogen and oxygen atoms in total. The summed E-state index contributed by atoms with van der Waals surface area (Å²) in [5.41, 5.74) is 6.47. The molecule has 0 amide bonds. The Balaban J connectivity index is 1.04. The van der Waals surface area contributed by atoms with Crippen molar-refractivity contribution < 1.29 is 4.79 Å². The van der Waals surface area contributed by atoms with Crippen LogP contribution in [-0.4, -0.2) is 80.0 Å². The quantitative estimate of drug-likeness (QED) is 0.518. The SMILES string of the molecule is O=C1c2cc(N3CCC(N4CCCC4)CC3)ccc2-c2ccc(N3CCC(N4CCCC4)CC3)cc21. The second kappa shape index (κ2) is 9.50. The van der Waals surface area contributed by atoms with Crippen molar-refractivity contribution in [3.8, 4) is 11.1 Å². The van der Waals surface area contributed by atoms with Crippen LogP contribution in [0.25, 0.3) is 11.1 Å². The minimum absolute atomic E-state index is 0.211. The minimum atomic E-state index is 0.211. The fraction of sp³-hybridized carbons (Fsp3) is 0.581. The zero-order chi connectivity index (χ0) is 24.1. The van der Waals surface area contributed by atoms with Crippen molar-refractivity contribution in [2.75, 3.05) is 62.2 Å². The van der Waals surface area contributed by atoms with E-state index in [0.717, 1.165) is 60.5 Å². The summed E-state index contributed by atoms with van der Waals surface area (Å²) < 4.78 is 0. The van der Waals surface area contributed by atoms with Gasteiger partial charge in [-0.2, -0.15) is 0 Å². The molecule has 4 aliphatic heterocycles. The normalized spacial score (nSPS) is 24.1. The zero-order valence-corrected chi connectivity index (χ0v) is 21.6. The number of benzene rings is 2. The van der Waals surface area contributed by atoms with Crippen molar-refractivity contribution in [2.24, 2.45) is 0 Å². The molecule has 0 radical (unpaired) electrons. The number of hydrogen-bond acceptors (Lipinski definition) is 5. The van der Waals surface area contributed by atoms with E-state index in [1.165, 1.54) is 88.9 Å². The third-order valence-electron chi connectivity index (χ3n) is 9.76. The van der Waals surface area contributed by atoms with Gasteiger partial charge in [-0.3, -0.25) is 4.79 Å². The van der Waals surface area contributed by atoms with Crippen LogP contribution in [0.5, 0.6) is 0 Å². The van der Waals surface area contributed by atoms with Crippen LogP contribution in [0.4, 0.5) is 11.4 Å². The number of rotatable bonds is 4. The molecule has 0 unspecified atom stereocenters. The molecule has 1 aliphatic carbocycles. The van der Waals surface area contributed by atoms with Gasteiger partial charge in [0.2, 0.25) is 0 Å². The first-order valence-electron chi connectivity index (χ1n) is 14.6. The summed E-state index contributed by atoms with van der Waals surface area (Å²) in [6.45, 7) is 9.53. The van der Waals surface area contributed by atoms with Gasteiger partial charge in [0.1, 0.15) is 0 Å². The highest BCUT2D eigenvalue weighted by atomic mass is 16.1. The summed E-state index contributed by atoms with van der Waals surface area (Å²) >= 11 is 0. The lowest BCUT2D eigenvalue weighted by Crippen LogP contribution is -2.43. The minimum Gasteiger partial charge on any atom is -0.371 e. The topological polar surface area (TPSA) is 30.0 Å². The lowest BCUT2D eigenvalue weighted by atomic mass is 10.0. The van der Waals surface area contributed by atoms with Gasteiger partial charge in [-0.15, -0.1) is 0 Å². The summed E-state index contributed by atoms with van der Waals surface area (Å²) in [7, 11) is 0.